The standard InChI is InChI=1S/C19H18N4O4/c24-18(25)17(15-9-5-2-6-10-15)21-19(26)27-13-16-11-20-22-23(16)12-14-7-3-1-4-8-14/h1-11,17H,12-13H2,(H,21,26)(H,24,25)/t17-/m1/s1. The van der Waals surface area contributed by atoms with Gasteiger partial charge in [0.25, 0.3) is 0 Å². The van der Waals surface area contributed by atoms with Gasteiger partial charge in [0, 0.05) is 0 Å². The average Bonchev–Trinajstić information content (AvgIpc) is 3.12. The van der Waals surface area contributed by atoms with Gasteiger partial charge in [-0.2, -0.15) is 0 Å². The Balaban J connectivity index is 1.59. The summed E-state index contributed by atoms with van der Waals surface area (Å²) in [5.41, 5.74) is 2.09. The summed E-state index contributed by atoms with van der Waals surface area (Å²) >= 11 is 0. The zero-order valence-corrected chi connectivity index (χ0v) is 14.4. The molecule has 1 heterocycles. The molecule has 3 aromatic rings. The third-order valence-corrected chi connectivity index (χ3v) is 3.87. The molecule has 3 rings (SSSR count). The molecule has 0 unspecified atom stereocenters. The van der Waals surface area contributed by atoms with E-state index in [-0.39, 0.29) is 6.61 Å². The van der Waals surface area contributed by atoms with Crippen LogP contribution >= 0.6 is 0 Å². The molecule has 0 bridgehead atoms. The van der Waals surface area contributed by atoms with E-state index in [4.69, 9.17) is 4.74 Å². The minimum absolute atomic E-state index is 0.0766. The van der Waals surface area contributed by atoms with E-state index in [1.807, 2.05) is 30.3 Å². The fourth-order valence-corrected chi connectivity index (χ4v) is 2.51. The van der Waals surface area contributed by atoms with Crippen molar-refractivity contribution in [2.24, 2.45) is 0 Å². The second-order valence-electron chi connectivity index (χ2n) is 5.77. The molecule has 1 atom stereocenters. The van der Waals surface area contributed by atoms with Crippen molar-refractivity contribution in [3.8, 4) is 0 Å². The minimum atomic E-state index is -1.19. The second-order valence-corrected chi connectivity index (χ2v) is 5.77. The van der Waals surface area contributed by atoms with Gasteiger partial charge >= 0.3 is 12.1 Å². The normalized spacial score (nSPS) is 11.6. The van der Waals surface area contributed by atoms with Gasteiger partial charge in [-0.3, -0.25) is 0 Å². The van der Waals surface area contributed by atoms with Crippen LogP contribution in [0.3, 0.4) is 0 Å². The van der Waals surface area contributed by atoms with Crippen molar-refractivity contribution in [2.45, 2.75) is 19.2 Å². The maximum atomic E-state index is 12.0. The highest BCUT2D eigenvalue weighted by molar-refractivity contribution is 5.81. The third kappa shape index (κ3) is 4.91. The molecule has 0 spiro atoms. The molecule has 2 N–H and O–H groups in total. The van der Waals surface area contributed by atoms with Crippen LogP contribution in [0, 0.1) is 0 Å². The van der Waals surface area contributed by atoms with Gasteiger partial charge in [0.2, 0.25) is 0 Å². The highest BCUT2D eigenvalue weighted by atomic mass is 16.5. The van der Waals surface area contributed by atoms with Crippen molar-refractivity contribution >= 4 is 12.1 Å². The summed E-state index contributed by atoms with van der Waals surface area (Å²) in [6.07, 6.45) is 0.668. The Morgan fingerprint density at radius 2 is 1.74 bits per heavy atom. The van der Waals surface area contributed by atoms with Crippen LogP contribution in [0.15, 0.2) is 66.9 Å². The summed E-state index contributed by atoms with van der Waals surface area (Å²) in [5, 5.41) is 19.5. The van der Waals surface area contributed by atoms with Gasteiger partial charge < -0.3 is 15.2 Å². The van der Waals surface area contributed by atoms with E-state index >= 15 is 0 Å². The predicted molar refractivity (Wildman–Crippen MR) is 95.7 cm³/mol. The number of carbonyl (C=O) groups excluding carboxylic acids is 1. The molecule has 8 nitrogen and oxygen atoms in total. The van der Waals surface area contributed by atoms with E-state index in [0.29, 0.717) is 17.8 Å². The summed E-state index contributed by atoms with van der Waals surface area (Å²) in [7, 11) is 0. The topological polar surface area (TPSA) is 106 Å². The minimum Gasteiger partial charge on any atom is -0.479 e. The first kappa shape index (κ1) is 18.1. The maximum Gasteiger partial charge on any atom is 0.408 e. The molecule has 0 saturated heterocycles. The molecule has 138 valence electrons. The van der Waals surface area contributed by atoms with Gasteiger partial charge in [-0.25, -0.2) is 14.3 Å². The summed E-state index contributed by atoms with van der Waals surface area (Å²) < 4.78 is 6.77. The molecule has 0 saturated carbocycles. The quantitative estimate of drug-likeness (QED) is 0.665. The highest BCUT2D eigenvalue weighted by Crippen LogP contribution is 2.13. The molecule has 1 aromatic heterocycles. The van der Waals surface area contributed by atoms with Crippen LogP contribution < -0.4 is 5.32 Å². The van der Waals surface area contributed by atoms with Gasteiger partial charge in [0.15, 0.2) is 6.04 Å². The SMILES string of the molecule is O=C(N[C@@H](C(=O)O)c1ccccc1)OCc1cnnn1Cc1ccccc1. The van der Waals surface area contributed by atoms with Crippen LogP contribution in [-0.2, 0) is 22.7 Å². The Kier molecular flexibility index (Phi) is 5.78. The van der Waals surface area contributed by atoms with Crippen molar-refractivity contribution in [1.29, 1.82) is 0 Å². The molecule has 0 radical (unpaired) electrons. The van der Waals surface area contributed by atoms with E-state index in [1.165, 1.54) is 6.20 Å². The molecule has 0 aliphatic carbocycles. The number of hydrogen-bond donors (Lipinski definition) is 2. The number of rotatable bonds is 7. The third-order valence-electron chi connectivity index (χ3n) is 3.87. The van der Waals surface area contributed by atoms with Crippen LogP contribution in [0.25, 0.3) is 0 Å². The second kappa shape index (κ2) is 8.61. The lowest BCUT2D eigenvalue weighted by Gasteiger charge is -2.15. The molecule has 0 fully saturated rings. The number of carboxylic acid groups (broad SMARTS) is 1. The molecule has 27 heavy (non-hydrogen) atoms. The van der Waals surface area contributed by atoms with Crippen LogP contribution in [0.2, 0.25) is 0 Å². The van der Waals surface area contributed by atoms with Crippen LogP contribution in [0.4, 0.5) is 4.79 Å². The Morgan fingerprint density at radius 3 is 2.41 bits per heavy atom. The van der Waals surface area contributed by atoms with E-state index < -0.39 is 18.1 Å². The number of hydrogen-bond acceptors (Lipinski definition) is 5. The Hall–Kier alpha value is -3.68. The number of carbonyl (C=O) groups is 2. The first-order valence-corrected chi connectivity index (χ1v) is 8.26. The van der Waals surface area contributed by atoms with E-state index in [9.17, 15) is 14.7 Å². The van der Waals surface area contributed by atoms with Crippen LogP contribution in [-0.4, -0.2) is 32.2 Å². The highest BCUT2D eigenvalue weighted by Gasteiger charge is 2.22. The summed E-state index contributed by atoms with van der Waals surface area (Å²) in [4.78, 5) is 23.5. The van der Waals surface area contributed by atoms with Crippen LogP contribution in [0.5, 0.6) is 0 Å². The fraction of sp³-hybridized carbons (Fsp3) is 0.158. The number of carboxylic acids is 1. The van der Waals surface area contributed by atoms with Gasteiger partial charge in [0.05, 0.1) is 18.4 Å². The van der Waals surface area contributed by atoms with Crippen molar-refractivity contribution in [2.75, 3.05) is 0 Å². The zero-order chi connectivity index (χ0) is 19.1. The number of ether oxygens (including phenoxy) is 1. The van der Waals surface area contributed by atoms with Crippen LogP contribution in [0.1, 0.15) is 22.9 Å². The summed E-state index contributed by atoms with van der Waals surface area (Å²) in [6.45, 7) is 0.412. The fourth-order valence-electron chi connectivity index (χ4n) is 2.51. The number of aliphatic carboxylic acids is 1. The Morgan fingerprint density at radius 1 is 1.07 bits per heavy atom. The Labute approximate surface area is 155 Å². The lowest BCUT2D eigenvalue weighted by Crippen LogP contribution is -2.34. The monoisotopic (exact) mass is 366 g/mol. The molecule has 2 aromatic carbocycles. The van der Waals surface area contributed by atoms with Crippen molar-refractivity contribution in [1.82, 2.24) is 20.3 Å². The van der Waals surface area contributed by atoms with E-state index in [2.05, 4.69) is 15.6 Å². The van der Waals surface area contributed by atoms with Crippen molar-refractivity contribution in [3.05, 3.63) is 83.7 Å². The van der Waals surface area contributed by atoms with Gasteiger partial charge in [0.1, 0.15) is 6.61 Å². The lowest BCUT2D eigenvalue weighted by molar-refractivity contribution is -0.139. The van der Waals surface area contributed by atoms with Crippen molar-refractivity contribution < 1.29 is 19.4 Å². The van der Waals surface area contributed by atoms with E-state index in [1.54, 1.807) is 35.0 Å². The number of nitrogens with zero attached hydrogens (tertiary/aromatic N) is 3. The largest absolute Gasteiger partial charge is 0.479 e. The maximum absolute atomic E-state index is 12.0. The molecule has 0 aliphatic heterocycles. The number of amides is 1. The number of alkyl carbamates (subject to hydrolysis) is 1. The first-order chi connectivity index (χ1) is 13.1. The zero-order valence-electron chi connectivity index (χ0n) is 14.4. The summed E-state index contributed by atoms with van der Waals surface area (Å²) in [6, 6.07) is 16.9. The molecular formula is C19H18N4O4. The molecule has 0 aliphatic rings. The summed E-state index contributed by atoms with van der Waals surface area (Å²) in [5.74, 6) is -1.17. The molecule has 1 amide bonds. The average molecular weight is 366 g/mol. The van der Waals surface area contributed by atoms with E-state index in [0.717, 1.165) is 5.56 Å². The lowest BCUT2D eigenvalue weighted by atomic mass is 10.1. The predicted octanol–water partition coefficient (Wildman–Crippen LogP) is 2.38. The number of aromatic nitrogens is 3. The Bertz CT molecular complexity index is 896. The first-order valence-electron chi connectivity index (χ1n) is 8.26. The van der Waals surface area contributed by atoms with Gasteiger partial charge in [-0.05, 0) is 11.1 Å². The number of nitrogens with one attached hydrogen (secondary N) is 1. The van der Waals surface area contributed by atoms with Gasteiger partial charge in [-0.1, -0.05) is 65.9 Å². The van der Waals surface area contributed by atoms with Crippen molar-refractivity contribution in [3.63, 3.8) is 0 Å². The smallest absolute Gasteiger partial charge is 0.408 e. The van der Waals surface area contributed by atoms with Gasteiger partial charge in [-0.15, -0.1) is 5.10 Å². The number of benzene rings is 2. The molecule has 8 heteroatoms. The molecular weight excluding hydrogens is 348 g/mol.